The van der Waals surface area contributed by atoms with E-state index in [2.05, 4.69) is 5.32 Å². The molecule has 0 fully saturated rings. The predicted octanol–water partition coefficient (Wildman–Crippen LogP) is 2.60. The van der Waals surface area contributed by atoms with Crippen LogP contribution in [0.1, 0.15) is 22.3 Å². The lowest BCUT2D eigenvalue weighted by Crippen LogP contribution is -2.38. The molecule has 28 heavy (non-hydrogen) atoms. The van der Waals surface area contributed by atoms with Crippen LogP contribution >= 0.6 is 11.6 Å². The van der Waals surface area contributed by atoms with Crippen molar-refractivity contribution in [2.45, 2.75) is 6.42 Å². The molecule has 0 heterocycles. The molecule has 148 valence electrons. The first-order chi connectivity index (χ1) is 13.3. The van der Waals surface area contributed by atoms with Gasteiger partial charge in [0.1, 0.15) is 0 Å². The molecule has 6 nitrogen and oxygen atoms in total. The number of likely N-dealkylation sites (N-methyl/N-ethyl adjacent to an activating group) is 2. The molecule has 2 aromatic rings. The van der Waals surface area contributed by atoms with Crippen molar-refractivity contribution in [2.24, 2.45) is 0 Å². The lowest BCUT2D eigenvalue weighted by molar-refractivity contribution is -0.122. The lowest BCUT2D eigenvalue weighted by Gasteiger charge is -2.23. The Hall–Kier alpha value is -2.70. The normalized spacial score (nSPS) is 10.6. The van der Waals surface area contributed by atoms with E-state index in [0.717, 1.165) is 0 Å². The largest absolute Gasteiger partial charge is 0.359 e. The van der Waals surface area contributed by atoms with Gasteiger partial charge in [0, 0.05) is 43.2 Å². The Morgan fingerprint density at radius 1 is 1.04 bits per heavy atom. The average Bonchev–Trinajstić information content (AvgIpc) is 2.71. The maximum Gasteiger partial charge on any atom is 0.240 e. The Bertz CT molecular complexity index is 855. The maximum atomic E-state index is 12.9. The second-order valence-corrected chi connectivity index (χ2v) is 6.91. The predicted molar refractivity (Wildman–Crippen MR) is 111 cm³/mol. The summed E-state index contributed by atoms with van der Waals surface area (Å²) < 4.78 is 0. The van der Waals surface area contributed by atoms with E-state index in [-0.39, 0.29) is 24.1 Å². The third-order valence-electron chi connectivity index (χ3n) is 4.38. The molecule has 0 saturated heterocycles. The van der Waals surface area contributed by atoms with Crippen LogP contribution in [0.15, 0.2) is 48.5 Å². The topological polar surface area (TPSA) is 69.7 Å². The average molecular weight is 402 g/mol. The molecular formula is C21H24ClN3O3. The van der Waals surface area contributed by atoms with Gasteiger partial charge in [0.05, 0.1) is 12.2 Å². The van der Waals surface area contributed by atoms with Gasteiger partial charge in [0.25, 0.3) is 0 Å². The molecule has 0 saturated carbocycles. The molecule has 2 aromatic carbocycles. The van der Waals surface area contributed by atoms with E-state index in [9.17, 15) is 14.4 Å². The van der Waals surface area contributed by atoms with E-state index >= 15 is 0 Å². The number of benzene rings is 2. The lowest BCUT2D eigenvalue weighted by atomic mass is 10.0. The Morgan fingerprint density at radius 2 is 1.71 bits per heavy atom. The van der Waals surface area contributed by atoms with Gasteiger partial charge in [-0.05, 0) is 25.2 Å². The SMILES string of the molecule is CNC(=O)CCN(C)CC(=O)N(C)c1ccc(Cl)cc1C(=O)c1ccccc1. The number of carbonyl (C=O) groups excluding carboxylic acids is 3. The van der Waals surface area contributed by atoms with Gasteiger partial charge in [-0.3, -0.25) is 19.3 Å². The molecule has 0 bridgehead atoms. The molecule has 0 unspecified atom stereocenters. The standard InChI is InChI=1S/C21H24ClN3O3/c1-23-19(26)11-12-24(2)14-20(27)25(3)18-10-9-16(22)13-17(18)21(28)15-7-5-4-6-8-15/h4-10,13H,11-12,14H2,1-3H3,(H,23,26). The van der Waals surface area contributed by atoms with Gasteiger partial charge in [-0.25, -0.2) is 0 Å². The maximum absolute atomic E-state index is 12.9. The molecule has 0 aliphatic rings. The minimum atomic E-state index is -0.203. The third kappa shape index (κ3) is 5.65. The van der Waals surface area contributed by atoms with Crippen molar-refractivity contribution in [1.82, 2.24) is 10.2 Å². The number of nitrogens with zero attached hydrogens (tertiary/aromatic N) is 2. The van der Waals surface area contributed by atoms with Crippen molar-refractivity contribution < 1.29 is 14.4 Å². The summed E-state index contributed by atoms with van der Waals surface area (Å²) in [5, 5.41) is 2.97. The summed E-state index contributed by atoms with van der Waals surface area (Å²) >= 11 is 6.10. The minimum absolute atomic E-state index is 0.0823. The second-order valence-electron chi connectivity index (χ2n) is 6.47. The van der Waals surface area contributed by atoms with Crippen molar-refractivity contribution in [3.05, 3.63) is 64.7 Å². The van der Waals surface area contributed by atoms with E-state index < -0.39 is 0 Å². The molecule has 2 rings (SSSR count). The number of rotatable bonds is 8. The third-order valence-corrected chi connectivity index (χ3v) is 4.61. The highest BCUT2D eigenvalue weighted by Gasteiger charge is 2.21. The number of hydrogen-bond donors (Lipinski definition) is 1. The number of anilines is 1. The summed E-state index contributed by atoms with van der Waals surface area (Å²) in [6.07, 6.45) is 0.308. The first-order valence-electron chi connectivity index (χ1n) is 8.88. The van der Waals surface area contributed by atoms with Crippen LogP contribution in [-0.4, -0.2) is 56.7 Å². The van der Waals surface area contributed by atoms with Crippen molar-refractivity contribution in [3.8, 4) is 0 Å². The van der Waals surface area contributed by atoms with Crippen LogP contribution in [0.3, 0.4) is 0 Å². The van der Waals surface area contributed by atoms with E-state index in [1.165, 1.54) is 4.90 Å². The summed E-state index contributed by atoms with van der Waals surface area (Å²) in [4.78, 5) is 40.2. The van der Waals surface area contributed by atoms with E-state index in [1.807, 2.05) is 6.07 Å². The molecule has 1 N–H and O–H groups in total. The fraction of sp³-hybridized carbons (Fsp3) is 0.286. The smallest absolute Gasteiger partial charge is 0.240 e. The van der Waals surface area contributed by atoms with E-state index in [0.29, 0.717) is 34.8 Å². The molecule has 0 aliphatic heterocycles. The minimum Gasteiger partial charge on any atom is -0.359 e. The highest BCUT2D eigenvalue weighted by molar-refractivity contribution is 6.31. The molecule has 0 spiro atoms. The Labute approximate surface area is 170 Å². The number of halogens is 1. The number of amides is 2. The zero-order valence-electron chi connectivity index (χ0n) is 16.2. The van der Waals surface area contributed by atoms with Crippen LogP contribution in [0.25, 0.3) is 0 Å². The zero-order chi connectivity index (χ0) is 20.7. The van der Waals surface area contributed by atoms with Crippen LogP contribution in [0.2, 0.25) is 5.02 Å². The van der Waals surface area contributed by atoms with E-state index in [1.54, 1.807) is 68.5 Å². The first kappa shape index (κ1) is 21.6. The number of carbonyl (C=O) groups is 3. The van der Waals surface area contributed by atoms with Crippen molar-refractivity contribution in [2.75, 3.05) is 39.1 Å². The summed E-state index contributed by atoms with van der Waals surface area (Å²) in [7, 11) is 4.97. The van der Waals surface area contributed by atoms with Gasteiger partial charge in [-0.2, -0.15) is 0 Å². The number of hydrogen-bond acceptors (Lipinski definition) is 4. The summed E-state index contributed by atoms with van der Waals surface area (Å²) in [5.41, 5.74) is 1.38. The Morgan fingerprint density at radius 3 is 2.36 bits per heavy atom. The van der Waals surface area contributed by atoms with Gasteiger partial charge < -0.3 is 10.2 Å². The highest BCUT2D eigenvalue weighted by Crippen LogP contribution is 2.26. The van der Waals surface area contributed by atoms with Crippen molar-refractivity contribution >= 4 is 34.9 Å². The Balaban J connectivity index is 2.18. The number of nitrogens with one attached hydrogen (secondary N) is 1. The highest BCUT2D eigenvalue weighted by atomic mass is 35.5. The zero-order valence-corrected chi connectivity index (χ0v) is 17.0. The Kier molecular flexibility index (Phi) is 7.72. The first-order valence-corrected chi connectivity index (χ1v) is 9.26. The summed E-state index contributed by atoms with van der Waals surface area (Å²) in [6.45, 7) is 0.574. The molecule has 0 atom stereocenters. The van der Waals surface area contributed by atoms with Gasteiger partial charge in [-0.1, -0.05) is 41.9 Å². The van der Waals surface area contributed by atoms with Gasteiger partial charge in [0.15, 0.2) is 5.78 Å². The van der Waals surface area contributed by atoms with Crippen molar-refractivity contribution in [3.63, 3.8) is 0 Å². The van der Waals surface area contributed by atoms with E-state index in [4.69, 9.17) is 11.6 Å². The number of ketones is 1. The fourth-order valence-corrected chi connectivity index (χ4v) is 2.87. The van der Waals surface area contributed by atoms with Gasteiger partial charge >= 0.3 is 0 Å². The van der Waals surface area contributed by atoms with Gasteiger partial charge in [0.2, 0.25) is 11.8 Å². The quantitative estimate of drug-likeness (QED) is 0.690. The second kappa shape index (κ2) is 10.0. The molecule has 0 aliphatic carbocycles. The molecular weight excluding hydrogens is 378 g/mol. The molecule has 7 heteroatoms. The van der Waals surface area contributed by atoms with Crippen LogP contribution < -0.4 is 10.2 Å². The monoisotopic (exact) mass is 401 g/mol. The molecule has 0 aromatic heterocycles. The van der Waals surface area contributed by atoms with Crippen LogP contribution in [0.5, 0.6) is 0 Å². The van der Waals surface area contributed by atoms with Crippen LogP contribution in [0, 0.1) is 0 Å². The fourth-order valence-electron chi connectivity index (χ4n) is 2.70. The molecule has 2 amide bonds. The molecule has 0 radical (unpaired) electrons. The van der Waals surface area contributed by atoms with Crippen LogP contribution in [0.4, 0.5) is 5.69 Å². The summed E-state index contributed by atoms with van der Waals surface area (Å²) in [6, 6.07) is 13.7. The van der Waals surface area contributed by atoms with Crippen molar-refractivity contribution in [1.29, 1.82) is 0 Å². The summed E-state index contributed by atoms with van der Waals surface area (Å²) in [5.74, 6) is -0.476. The van der Waals surface area contributed by atoms with Crippen LogP contribution in [-0.2, 0) is 9.59 Å². The van der Waals surface area contributed by atoms with Gasteiger partial charge in [-0.15, -0.1) is 0 Å².